The Labute approximate surface area is 79.6 Å². The zero-order valence-electron chi connectivity index (χ0n) is 8.20. The van der Waals surface area contributed by atoms with Gasteiger partial charge in [-0.2, -0.15) is 0 Å². The summed E-state index contributed by atoms with van der Waals surface area (Å²) in [6.07, 6.45) is 7.56. The highest BCUT2D eigenvalue weighted by Crippen LogP contribution is 2.37. The molecule has 0 radical (unpaired) electrons. The molecule has 1 heterocycles. The van der Waals surface area contributed by atoms with Crippen LogP contribution in [0.3, 0.4) is 0 Å². The lowest BCUT2D eigenvalue weighted by atomic mass is 10.0. The maximum absolute atomic E-state index is 11.5. The van der Waals surface area contributed by atoms with E-state index in [9.17, 15) is 4.79 Å². The van der Waals surface area contributed by atoms with Crippen LogP contribution in [0.4, 0.5) is 0 Å². The second kappa shape index (κ2) is 3.52. The Morgan fingerprint density at radius 3 is 2.46 bits per heavy atom. The van der Waals surface area contributed by atoms with Crippen molar-refractivity contribution >= 4 is 5.91 Å². The number of likely N-dealkylation sites (tertiary alicyclic amines) is 1. The Morgan fingerprint density at radius 2 is 1.92 bits per heavy atom. The Morgan fingerprint density at radius 1 is 1.31 bits per heavy atom. The van der Waals surface area contributed by atoms with Crippen molar-refractivity contribution in [3.63, 3.8) is 0 Å². The molecule has 0 aromatic heterocycles. The third-order valence-electron chi connectivity index (χ3n) is 3.35. The number of allylic oxidation sites excluding steroid dienone is 1. The molecular weight excluding hydrogens is 162 g/mol. The lowest BCUT2D eigenvalue weighted by molar-refractivity contribution is -0.125. The minimum absolute atomic E-state index is 0.205. The summed E-state index contributed by atoms with van der Waals surface area (Å²) in [6, 6.07) is 0. The fraction of sp³-hybridized carbons (Fsp3) is 0.727. The molecule has 1 saturated heterocycles. The predicted octanol–water partition coefficient (Wildman–Crippen LogP) is 1.82. The Hall–Kier alpha value is -0.790. The third kappa shape index (κ3) is 1.62. The first-order valence-corrected chi connectivity index (χ1v) is 5.23. The van der Waals surface area contributed by atoms with Crippen LogP contribution in [0.15, 0.2) is 12.2 Å². The Kier molecular flexibility index (Phi) is 2.38. The van der Waals surface area contributed by atoms with Crippen molar-refractivity contribution < 1.29 is 4.79 Å². The molecule has 0 N–H and O–H groups in total. The smallest absolute Gasteiger partial charge is 0.246 e. The highest BCUT2D eigenvalue weighted by Gasteiger charge is 2.37. The first kappa shape index (κ1) is 8.79. The van der Waals surface area contributed by atoms with E-state index in [1.807, 2.05) is 17.9 Å². The topological polar surface area (TPSA) is 20.3 Å². The first-order valence-electron chi connectivity index (χ1n) is 5.23. The standard InChI is InChI=1S/C11H17NO/c1-2-4-11(13)12-7-9-5-3-6-10(9)8-12/h2,4,9-10H,3,5-8H2,1H3/b4-2+. The van der Waals surface area contributed by atoms with Crippen LogP contribution in [0.2, 0.25) is 0 Å². The van der Waals surface area contributed by atoms with Crippen LogP contribution in [-0.2, 0) is 4.79 Å². The largest absolute Gasteiger partial charge is 0.339 e. The van der Waals surface area contributed by atoms with Crippen molar-refractivity contribution in [2.45, 2.75) is 26.2 Å². The van der Waals surface area contributed by atoms with Gasteiger partial charge in [0.25, 0.3) is 0 Å². The van der Waals surface area contributed by atoms with Gasteiger partial charge in [-0.05, 0) is 37.7 Å². The molecule has 2 heteroatoms. The van der Waals surface area contributed by atoms with Crippen LogP contribution in [0.5, 0.6) is 0 Å². The molecule has 1 amide bonds. The van der Waals surface area contributed by atoms with Crippen LogP contribution in [0, 0.1) is 11.8 Å². The summed E-state index contributed by atoms with van der Waals surface area (Å²) in [6.45, 7) is 3.91. The van der Waals surface area contributed by atoms with Crippen LogP contribution in [0.1, 0.15) is 26.2 Å². The van der Waals surface area contributed by atoms with E-state index in [-0.39, 0.29) is 5.91 Å². The Bertz CT molecular complexity index is 222. The molecule has 1 saturated carbocycles. The van der Waals surface area contributed by atoms with Gasteiger partial charge in [0.15, 0.2) is 0 Å². The summed E-state index contributed by atoms with van der Waals surface area (Å²) in [7, 11) is 0. The lowest BCUT2D eigenvalue weighted by Gasteiger charge is -2.14. The molecule has 0 aromatic carbocycles. The summed E-state index contributed by atoms with van der Waals surface area (Å²) in [5, 5.41) is 0. The normalized spacial score (nSPS) is 32.8. The molecule has 0 aromatic rings. The average molecular weight is 179 g/mol. The first-order chi connectivity index (χ1) is 6.31. The van der Waals surface area contributed by atoms with Crippen molar-refractivity contribution in [1.82, 2.24) is 4.90 Å². The number of carbonyl (C=O) groups is 1. The molecule has 2 fully saturated rings. The van der Waals surface area contributed by atoms with Gasteiger partial charge in [0.1, 0.15) is 0 Å². The number of hydrogen-bond donors (Lipinski definition) is 0. The maximum atomic E-state index is 11.5. The number of amides is 1. The predicted molar refractivity (Wildman–Crippen MR) is 52.2 cm³/mol. The van der Waals surface area contributed by atoms with Gasteiger partial charge in [-0.3, -0.25) is 4.79 Å². The molecule has 2 atom stereocenters. The van der Waals surface area contributed by atoms with E-state index < -0.39 is 0 Å². The number of carbonyl (C=O) groups excluding carboxylic acids is 1. The summed E-state index contributed by atoms with van der Waals surface area (Å²) in [5.41, 5.74) is 0. The SMILES string of the molecule is C/C=C/C(=O)N1CC2CCCC2C1. The summed E-state index contributed by atoms with van der Waals surface area (Å²) < 4.78 is 0. The molecule has 0 spiro atoms. The maximum Gasteiger partial charge on any atom is 0.246 e. The van der Waals surface area contributed by atoms with Crippen molar-refractivity contribution in [1.29, 1.82) is 0 Å². The van der Waals surface area contributed by atoms with E-state index in [1.54, 1.807) is 6.08 Å². The molecule has 2 rings (SSSR count). The second-order valence-electron chi connectivity index (χ2n) is 4.19. The van der Waals surface area contributed by atoms with Crippen LogP contribution in [0.25, 0.3) is 0 Å². The van der Waals surface area contributed by atoms with Crippen molar-refractivity contribution in [2.75, 3.05) is 13.1 Å². The van der Waals surface area contributed by atoms with Crippen molar-refractivity contribution in [3.05, 3.63) is 12.2 Å². The molecule has 1 aliphatic carbocycles. The van der Waals surface area contributed by atoms with Gasteiger partial charge in [-0.1, -0.05) is 12.5 Å². The fourth-order valence-electron chi connectivity index (χ4n) is 2.66. The molecular formula is C11H17NO. The third-order valence-corrected chi connectivity index (χ3v) is 3.35. The highest BCUT2D eigenvalue weighted by molar-refractivity contribution is 5.87. The van der Waals surface area contributed by atoms with E-state index in [1.165, 1.54) is 19.3 Å². The van der Waals surface area contributed by atoms with Gasteiger partial charge in [0, 0.05) is 13.1 Å². The van der Waals surface area contributed by atoms with Crippen LogP contribution >= 0.6 is 0 Å². The Balaban J connectivity index is 1.95. The van der Waals surface area contributed by atoms with Gasteiger partial charge >= 0.3 is 0 Å². The monoisotopic (exact) mass is 179 g/mol. The van der Waals surface area contributed by atoms with Crippen molar-refractivity contribution in [3.8, 4) is 0 Å². The number of hydrogen-bond acceptors (Lipinski definition) is 1. The zero-order valence-corrected chi connectivity index (χ0v) is 8.20. The minimum Gasteiger partial charge on any atom is -0.339 e. The highest BCUT2D eigenvalue weighted by atomic mass is 16.2. The lowest BCUT2D eigenvalue weighted by Crippen LogP contribution is -2.27. The minimum atomic E-state index is 0.205. The molecule has 13 heavy (non-hydrogen) atoms. The van der Waals surface area contributed by atoms with Gasteiger partial charge in [-0.25, -0.2) is 0 Å². The molecule has 72 valence electrons. The fourth-order valence-corrected chi connectivity index (χ4v) is 2.66. The molecule has 2 unspecified atom stereocenters. The number of fused-ring (bicyclic) bond motifs is 1. The quantitative estimate of drug-likeness (QED) is 0.562. The molecule has 2 nitrogen and oxygen atoms in total. The van der Waals surface area contributed by atoms with Gasteiger partial charge in [0.05, 0.1) is 0 Å². The van der Waals surface area contributed by atoms with Gasteiger partial charge in [-0.15, -0.1) is 0 Å². The molecule has 1 aliphatic heterocycles. The van der Waals surface area contributed by atoms with E-state index in [0.29, 0.717) is 0 Å². The van der Waals surface area contributed by atoms with Crippen LogP contribution in [-0.4, -0.2) is 23.9 Å². The average Bonchev–Trinajstić information content (AvgIpc) is 2.61. The number of nitrogens with zero attached hydrogens (tertiary/aromatic N) is 1. The second-order valence-corrected chi connectivity index (χ2v) is 4.19. The zero-order chi connectivity index (χ0) is 9.26. The van der Waals surface area contributed by atoms with E-state index in [0.717, 1.165) is 24.9 Å². The van der Waals surface area contributed by atoms with E-state index in [4.69, 9.17) is 0 Å². The number of rotatable bonds is 1. The van der Waals surface area contributed by atoms with E-state index in [2.05, 4.69) is 0 Å². The molecule has 0 bridgehead atoms. The van der Waals surface area contributed by atoms with Gasteiger partial charge < -0.3 is 4.90 Å². The molecule has 2 aliphatic rings. The summed E-state index contributed by atoms with van der Waals surface area (Å²) >= 11 is 0. The van der Waals surface area contributed by atoms with Gasteiger partial charge in [0.2, 0.25) is 5.91 Å². The summed E-state index contributed by atoms with van der Waals surface area (Å²) in [5.74, 6) is 1.83. The van der Waals surface area contributed by atoms with Crippen LogP contribution < -0.4 is 0 Å². The summed E-state index contributed by atoms with van der Waals surface area (Å²) in [4.78, 5) is 13.5. The van der Waals surface area contributed by atoms with E-state index >= 15 is 0 Å². The van der Waals surface area contributed by atoms with Crippen molar-refractivity contribution in [2.24, 2.45) is 11.8 Å².